The summed E-state index contributed by atoms with van der Waals surface area (Å²) in [5, 5.41) is 4.18. The molecule has 2 saturated heterocycles. The summed E-state index contributed by atoms with van der Waals surface area (Å²) < 4.78 is 0. The van der Waals surface area contributed by atoms with E-state index in [4.69, 9.17) is 11.6 Å². The monoisotopic (exact) mass is 265 g/mol. The van der Waals surface area contributed by atoms with E-state index in [1.807, 2.05) is 12.1 Å². The SMILES string of the molecule is CN1C2CCCC1CC(Nc1ccnc(Cl)c1)C2. The minimum Gasteiger partial charge on any atom is -0.382 e. The maximum atomic E-state index is 5.92. The summed E-state index contributed by atoms with van der Waals surface area (Å²) in [4.78, 5) is 6.60. The lowest BCUT2D eigenvalue weighted by Crippen LogP contribution is -2.52. The smallest absolute Gasteiger partial charge is 0.131 e. The summed E-state index contributed by atoms with van der Waals surface area (Å²) in [6.45, 7) is 0. The van der Waals surface area contributed by atoms with Crippen LogP contribution >= 0.6 is 11.6 Å². The highest BCUT2D eigenvalue weighted by atomic mass is 35.5. The lowest BCUT2D eigenvalue weighted by Gasteiger charge is -2.47. The molecule has 2 unspecified atom stereocenters. The van der Waals surface area contributed by atoms with Crippen LogP contribution in [0.3, 0.4) is 0 Å². The van der Waals surface area contributed by atoms with Crippen molar-refractivity contribution < 1.29 is 0 Å². The minimum atomic E-state index is 0.563. The molecule has 3 rings (SSSR count). The van der Waals surface area contributed by atoms with Crippen LogP contribution in [0, 0.1) is 0 Å². The van der Waals surface area contributed by atoms with E-state index in [0.29, 0.717) is 11.2 Å². The van der Waals surface area contributed by atoms with Crippen LogP contribution in [0.5, 0.6) is 0 Å². The zero-order valence-electron chi connectivity index (χ0n) is 10.8. The third kappa shape index (κ3) is 2.47. The highest BCUT2D eigenvalue weighted by molar-refractivity contribution is 6.29. The molecule has 2 aliphatic heterocycles. The van der Waals surface area contributed by atoms with Gasteiger partial charge < -0.3 is 10.2 Å². The summed E-state index contributed by atoms with van der Waals surface area (Å²) >= 11 is 5.92. The van der Waals surface area contributed by atoms with E-state index in [0.717, 1.165) is 17.8 Å². The largest absolute Gasteiger partial charge is 0.382 e. The molecule has 2 bridgehead atoms. The first kappa shape index (κ1) is 12.2. The zero-order chi connectivity index (χ0) is 12.5. The van der Waals surface area contributed by atoms with Gasteiger partial charge in [-0.1, -0.05) is 18.0 Å². The Kier molecular flexibility index (Phi) is 3.44. The lowest BCUT2D eigenvalue weighted by atomic mass is 9.82. The second-order valence-corrected chi connectivity index (χ2v) is 5.97. The summed E-state index contributed by atoms with van der Waals surface area (Å²) in [6, 6.07) is 6.00. The number of nitrogens with zero attached hydrogens (tertiary/aromatic N) is 2. The number of hydrogen-bond donors (Lipinski definition) is 1. The quantitative estimate of drug-likeness (QED) is 0.833. The van der Waals surface area contributed by atoms with Gasteiger partial charge in [0, 0.05) is 30.0 Å². The van der Waals surface area contributed by atoms with Gasteiger partial charge in [-0.25, -0.2) is 4.98 Å². The molecule has 2 fully saturated rings. The van der Waals surface area contributed by atoms with Gasteiger partial charge in [-0.15, -0.1) is 0 Å². The Hall–Kier alpha value is -0.800. The van der Waals surface area contributed by atoms with Gasteiger partial charge in [0.15, 0.2) is 0 Å². The fourth-order valence-corrected chi connectivity index (χ4v) is 3.64. The number of nitrogens with one attached hydrogen (secondary N) is 1. The van der Waals surface area contributed by atoms with Gasteiger partial charge in [-0.3, -0.25) is 0 Å². The molecule has 98 valence electrons. The maximum absolute atomic E-state index is 5.92. The number of pyridine rings is 1. The van der Waals surface area contributed by atoms with Crippen molar-refractivity contribution in [2.75, 3.05) is 12.4 Å². The third-order valence-electron chi connectivity index (χ3n) is 4.44. The molecule has 0 saturated carbocycles. The van der Waals surface area contributed by atoms with Crippen molar-refractivity contribution in [2.24, 2.45) is 0 Å². The topological polar surface area (TPSA) is 28.2 Å². The van der Waals surface area contributed by atoms with Gasteiger partial charge in [-0.05, 0) is 44.9 Å². The second kappa shape index (κ2) is 5.06. The van der Waals surface area contributed by atoms with Gasteiger partial charge in [0.25, 0.3) is 0 Å². The van der Waals surface area contributed by atoms with Gasteiger partial charge in [0.2, 0.25) is 0 Å². The number of fused-ring (bicyclic) bond motifs is 2. The summed E-state index contributed by atoms with van der Waals surface area (Å²) in [7, 11) is 2.29. The number of anilines is 1. The number of rotatable bonds is 2. The first-order valence-corrected chi connectivity index (χ1v) is 7.20. The van der Waals surface area contributed by atoms with Crippen molar-refractivity contribution in [1.82, 2.24) is 9.88 Å². The van der Waals surface area contributed by atoms with Gasteiger partial charge in [-0.2, -0.15) is 0 Å². The van der Waals surface area contributed by atoms with E-state index >= 15 is 0 Å². The molecule has 0 aliphatic carbocycles. The molecule has 3 heterocycles. The molecule has 0 aromatic carbocycles. The van der Waals surface area contributed by atoms with E-state index < -0.39 is 0 Å². The first-order chi connectivity index (χ1) is 8.72. The predicted molar refractivity (Wildman–Crippen MR) is 75.1 cm³/mol. The Morgan fingerprint density at radius 1 is 1.33 bits per heavy atom. The number of aromatic nitrogens is 1. The van der Waals surface area contributed by atoms with Gasteiger partial charge in [0.1, 0.15) is 5.15 Å². The number of hydrogen-bond acceptors (Lipinski definition) is 3. The molecule has 1 aromatic rings. The number of halogens is 1. The normalized spacial score (nSPS) is 32.2. The second-order valence-electron chi connectivity index (χ2n) is 5.58. The van der Waals surface area contributed by atoms with Crippen molar-refractivity contribution in [3.63, 3.8) is 0 Å². The van der Waals surface area contributed by atoms with Gasteiger partial charge in [0.05, 0.1) is 0 Å². The van der Waals surface area contributed by atoms with Crippen LogP contribution in [0.4, 0.5) is 5.69 Å². The third-order valence-corrected chi connectivity index (χ3v) is 4.64. The molecule has 4 heteroatoms. The Balaban J connectivity index is 1.68. The van der Waals surface area contributed by atoms with E-state index in [-0.39, 0.29) is 0 Å². The molecule has 0 amide bonds. The van der Waals surface area contributed by atoms with Crippen LogP contribution < -0.4 is 5.32 Å². The Bertz CT molecular complexity index is 409. The van der Waals surface area contributed by atoms with Crippen molar-refractivity contribution >= 4 is 17.3 Å². The minimum absolute atomic E-state index is 0.563. The predicted octanol–water partition coefficient (Wildman–Crippen LogP) is 3.16. The molecule has 18 heavy (non-hydrogen) atoms. The maximum Gasteiger partial charge on any atom is 0.131 e. The zero-order valence-corrected chi connectivity index (χ0v) is 11.5. The lowest BCUT2D eigenvalue weighted by molar-refractivity contribution is 0.0608. The highest BCUT2D eigenvalue weighted by Crippen LogP contribution is 2.33. The van der Waals surface area contributed by atoms with Crippen molar-refractivity contribution in [1.29, 1.82) is 0 Å². The van der Waals surface area contributed by atoms with E-state index in [1.54, 1.807) is 6.20 Å². The van der Waals surface area contributed by atoms with Crippen molar-refractivity contribution in [3.05, 3.63) is 23.5 Å². The van der Waals surface area contributed by atoms with E-state index in [2.05, 4.69) is 22.2 Å². The fourth-order valence-electron chi connectivity index (χ4n) is 3.46. The van der Waals surface area contributed by atoms with Crippen LogP contribution in [0.25, 0.3) is 0 Å². The molecule has 0 spiro atoms. The Labute approximate surface area is 114 Å². The van der Waals surface area contributed by atoms with Crippen LogP contribution in [-0.4, -0.2) is 35.1 Å². The molecule has 2 atom stereocenters. The van der Waals surface area contributed by atoms with Crippen molar-refractivity contribution in [3.8, 4) is 0 Å². The van der Waals surface area contributed by atoms with E-state index in [9.17, 15) is 0 Å². The Morgan fingerprint density at radius 3 is 2.72 bits per heavy atom. The fraction of sp³-hybridized carbons (Fsp3) is 0.643. The molecule has 2 aliphatic rings. The average molecular weight is 266 g/mol. The molecule has 0 radical (unpaired) electrons. The van der Waals surface area contributed by atoms with Crippen LogP contribution in [0.2, 0.25) is 5.15 Å². The first-order valence-electron chi connectivity index (χ1n) is 6.82. The van der Waals surface area contributed by atoms with Crippen molar-refractivity contribution in [2.45, 2.75) is 50.2 Å². The van der Waals surface area contributed by atoms with Crippen LogP contribution in [-0.2, 0) is 0 Å². The summed E-state index contributed by atoms with van der Waals surface area (Å²) in [5.41, 5.74) is 1.10. The molecular formula is C14H20ClN3. The van der Waals surface area contributed by atoms with Crippen LogP contribution in [0.1, 0.15) is 32.1 Å². The Morgan fingerprint density at radius 2 is 2.06 bits per heavy atom. The molecule has 1 aromatic heterocycles. The summed E-state index contributed by atoms with van der Waals surface area (Å²) in [5.74, 6) is 0. The average Bonchev–Trinajstić information content (AvgIpc) is 2.30. The van der Waals surface area contributed by atoms with E-state index in [1.165, 1.54) is 32.1 Å². The van der Waals surface area contributed by atoms with Gasteiger partial charge >= 0.3 is 0 Å². The molecular weight excluding hydrogens is 246 g/mol. The van der Waals surface area contributed by atoms with Crippen LogP contribution in [0.15, 0.2) is 18.3 Å². The summed E-state index contributed by atoms with van der Waals surface area (Å²) in [6.07, 6.45) is 8.35. The number of piperidine rings is 2. The molecule has 1 N–H and O–H groups in total. The standard InChI is InChI=1S/C14H20ClN3/c1-18-12-3-2-4-13(18)8-11(7-12)17-10-5-6-16-14(15)9-10/h5-6,9,11-13H,2-4,7-8H2,1H3,(H,16,17). The highest BCUT2D eigenvalue weighted by Gasteiger charge is 2.35. The molecule has 3 nitrogen and oxygen atoms in total.